The van der Waals surface area contributed by atoms with Crippen molar-refractivity contribution in [1.29, 1.82) is 0 Å². The molecule has 0 N–H and O–H groups in total. The molecule has 0 spiro atoms. The first kappa shape index (κ1) is 13.5. The van der Waals surface area contributed by atoms with Crippen molar-refractivity contribution in [3.63, 3.8) is 0 Å². The molecule has 0 saturated carbocycles. The molecule has 0 saturated heterocycles. The Bertz CT molecular complexity index is 569. The lowest BCUT2D eigenvalue weighted by atomic mass is 10.2. The summed E-state index contributed by atoms with van der Waals surface area (Å²) in [5.41, 5.74) is 0.0344. The smallest absolute Gasteiger partial charge is 0.241 e. The van der Waals surface area contributed by atoms with Gasteiger partial charge in [-0.05, 0) is 25.1 Å². The van der Waals surface area contributed by atoms with Gasteiger partial charge in [-0.1, -0.05) is 17.7 Å². The number of alkyl halides is 5. The number of hydrogen-bond acceptors (Lipinski definition) is 1. The van der Waals surface area contributed by atoms with Crippen LogP contribution in [0.4, 0.5) is 22.0 Å². The SMILES string of the molecule is Cc1ccc(-n2ccc(C(F)(F)C(F)(F)F)n2)cc1. The first-order valence-corrected chi connectivity index (χ1v) is 5.29. The fourth-order valence-electron chi connectivity index (χ4n) is 1.48. The fourth-order valence-corrected chi connectivity index (χ4v) is 1.48. The third kappa shape index (κ3) is 2.45. The van der Waals surface area contributed by atoms with Crippen LogP contribution in [0.15, 0.2) is 36.5 Å². The molecule has 7 heteroatoms. The second-order valence-corrected chi connectivity index (χ2v) is 4.05. The fraction of sp³-hybridized carbons (Fsp3) is 0.250. The zero-order chi connectivity index (χ0) is 14.3. The molecule has 0 atom stereocenters. The van der Waals surface area contributed by atoms with Gasteiger partial charge in [-0.25, -0.2) is 4.68 Å². The van der Waals surface area contributed by atoms with Gasteiger partial charge in [0, 0.05) is 6.20 Å². The van der Waals surface area contributed by atoms with Crippen LogP contribution in [-0.2, 0) is 5.92 Å². The maximum atomic E-state index is 13.1. The summed E-state index contributed by atoms with van der Waals surface area (Å²) in [6.45, 7) is 1.83. The molecule has 1 heterocycles. The summed E-state index contributed by atoms with van der Waals surface area (Å²) in [5, 5.41) is 3.29. The van der Waals surface area contributed by atoms with Crippen molar-refractivity contribution in [3.05, 3.63) is 47.8 Å². The number of aryl methyl sites for hydroxylation is 1. The Labute approximate surface area is 105 Å². The summed E-state index contributed by atoms with van der Waals surface area (Å²) < 4.78 is 63.6. The number of halogens is 5. The van der Waals surface area contributed by atoms with E-state index in [1.54, 1.807) is 24.3 Å². The maximum Gasteiger partial charge on any atom is 0.459 e. The van der Waals surface area contributed by atoms with Crippen LogP contribution in [0.2, 0.25) is 0 Å². The van der Waals surface area contributed by atoms with E-state index in [9.17, 15) is 22.0 Å². The van der Waals surface area contributed by atoms with Crippen molar-refractivity contribution in [2.75, 3.05) is 0 Å². The predicted octanol–water partition coefficient (Wildman–Crippen LogP) is 3.83. The maximum absolute atomic E-state index is 13.1. The Kier molecular flexibility index (Phi) is 3.07. The van der Waals surface area contributed by atoms with Crippen molar-refractivity contribution in [1.82, 2.24) is 9.78 Å². The van der Waals surface area contributed by atoms with E-state index in [2.05, 4.69) is 5.10 Å². The van der Waals surface area contributed by atoms with Gasteiger partial charge in [0.05, 0.1) is 5.69 Å². The Morgan fingerprint density at radius 3 is 2.05 bits per heavy atom. The second kappa shape index (κ2) is 4.32. The van der Waals surface area contributed by atoms with Crippen LogP contribution in [0.5, 0.6) is 0 Å². The quantitative estimate of drug-likeness (QED) is 0.762. The predicted molar refractivity (Wildman–Crippen MR) is 58.3 cm³/mol. The molecule has 0 aliphatic heterocycles. The van der Waals surface area contributed by atoms with E-state index in [0.717, 1.165) is 16.4 Å². The minimum Gasteiger partial charge on any atom is -0.241 e. The van der Waals surface area contributed by atoms with Crippen LogP contribution >= 0.6 is 0 Å². The average molecular weight is 276 g/mol. The molecular weight excluding hydrogens is 267 g/mol. The number of rotatable bonds is 2. The van der Waals surface area contributed by atoms with E-state index in [1.165, 1.54) is 0 Å². The highest BCUT2D eigenvalue weighted by molar-refractivity contribution is 5.34. The third-order valence-corrected chi connectivity index (χ3v) is 2.57. The lowest BCUT2D eigenvalue weighted by Gasteiger charge is -2.16. The van der Waals surface area contributed by atoms with E-state index in [1.807, 2.05) is 6.92 Å². The van der Waals surface area contributed by atoms with Crippen LogP contribution < -0.4 is 0 Å². The van der Waals surface area contributed by atoms with Crippen LogP contribution in [-0.4, -0.2) is 16.0 Å². The number of aromatic nitrogens is 2. The monoisotopic (exact) mass is 276 g/mol. The van der Waals surface area contributed by atoms with Crippen molar-refractivity contribution in [3.8, 4) is 5.69 Å². The highest BCUT2D eigenvalue weighted by Gasteiger charge is 2.60. The lowest BCUT2D eigenvalue weighted by molar-refractivity contribution is -0.291. The van der Waals surface area contributed by atoms with Crippen molar-refractivity contribution >= 4 is 0 Å². The molecule has 0 unspecified atom stereocenters. The van der Waals surface area contributed by atoms with Gasteiger partial charge >= 0.3 is 12.1 Å². The molecule has 0 bridgehead atoms. The van der Waals surface area contributed by atoms with Gasteiger partial charge in [0.25, 0.3) is 0 Å². The largest absolute Gasteiger partial charge is 0.459 e. The normalized spacial score (nSPS) is 12.7. The molecule has 0 radical (unpaired) electrons. The standard InChI is InChI=1S/C12H9F5N2/c1-8-2-4-9(5-3-8)19-7-6-10(18-19)11(13,14)12(15,16)17/h2-7H,1H3. The number of nitrogens with zero attached hydrogens (tertiary/aromatic N) is 2. The molecular formula is C12H9F5N2. The zero-order valence-electron chi connectivity index (χ0n) is 9.75. The number of benzene rings is 1. The zero-order valence-corrected chi connectivity index (χ0v) is 9.75. The molecule has 0 amide bonds. The molecule has 1 aromatic carbocycles. The Morgan fingerprint density at radius 2 is 1.53 bits per heavy atom. The molecule has 0 aliphatic carbocycles. The van der Waals surface area contributed by atoms with E-state index < -0.39 is 17.8 Å². The van der Waals surface area contributed by atoms with E-state index >= 15 is 0 Å². The molecule has 0 fully saturated rings. The van der Waals surface area contributed by atoms with Gasteiger partial charge in [0.2, 0.25) is 0 Å². The summed E-state index contributed by atoms with van der Waals surface area (Å²) in [7, 11) is 0. The van der Waals surface area contributed by atoms with Crippen molar-refractivity contribution in [2.45, 2.75) is 19.0 Å². The molecule has 2 nitrogen and oxygen atoms in total. The summed E-state index contributed by atoms with van der Waals surface area (Å²) in [5.74, 6) is -4.96. The minimum atomic E-state index is -5.65. The van der Waals surface area contributed by atoms with E-state index in [-0.39, 0.29) is 0 Å². The summed E-state index contributed by atoms with van der Waals surface area (Å²) >= 11 is 0. The molecule has 19 heavy (non-hydrogen) atoms. The first-order valence-electron chi connectivity index (χ1n) is 5.29. The van der Waals surface area contributed by atoms with Crippen molar-refractivity contribution < 1.29 is 22.0 Å². The highest BCUT2D eigenvalue weighted by atomic mass is 19.4. The third-order valence-electron chi connectivity index (χ3n) is 2.57. The second-order valence-electron chi connectivity index (χ2n) is 4.05. The van der Waals surface area contributed by atoms with Crippen LogP contribution in [0.25, 0.3) is 5.69 Å². The van der Waals surface area contributed by atoms with E-state index in [4.69, 9.17) is 0 Å². The first-order chi connectivity index (χ1) is 8.72. The van der Waals surface area contributed by atoms with E-state index in [0.29, 0.717) is 11.8 Å². The summed E-state index contributed by atoms with van der Waals surface area (Å²) in [4.78, 5) is 0. The van der Waals surface area contributed by atoms with Gasteiger partial charge < -0.3 is 0 Å². The topological polar surface area (TPSA) is 17.8 Å². The summed E-state index contributed by atoms with van der Waals surface area (Å²) in [6.07, 6.45) is -4.58. The molecule has 0 aliphatic rings. The van der Waals surface area contributed by atoms with Gasteiger partial charge in [-0.15, -0.1) is 0 Å². The van der Waals surface area contributed by atoms with Gasteiger partial charge in [0.1, 0.15) is 5.69 Å². The highest BCUT2D eigenvalue weighted by Crippen LogP contribution is 2.43. The van der Waals surface area contributed by atoms with Crippen LogP contribution in [0.1, 0.15) is 11.3 Å². The van der Waals surface area contributed by atoms with Crippen molar-refractivity contribution in [2.24, 2.45) is 0 Å². The van der Waals surface area contributed by atoms with Gasteiger partial charge in [-0.3, -0.25) is 0 Å². The Morgan fingerprint density at radius 1 is 0.947 bits per heavy atom. The molecule has 1 aromatic heterocycles. The molecule has 2 aromatic rings. The molecule has 2 rings (SSSR count). The summed E-state index contributed by atoms with van der Waals surface area (Å²) in [6, 6.07) is 7.24. The van der Waals surface area contributed by atoms with Crippen LogP contribution in [0.3, 0.4) is 0 Å². The average Bonchev–Trinajstić information content (AvgIpc) is 2.78. The Hall–Kier alpha value is -1.92. The molecule has 102 valence electrons. The van der Waals surface area contributed by atoms with Gasteiger partial charge in [-0.2, -0.15) is 27.1 Å². The Balaban J connectivity index is 2.37. The van der Waals surface area contributed by atoms with Crippen LogP contribution in [0, 0.1) is 6.92 Å². The number of hydrogen-bond donors (Lipinski definition) is 0. The lowest BCUT2D eigenvalue weighted by Crippen LogP contribution is -2.34. The van der Waals surface area contributed by atoms with Gasteiger partial charge in [0.15, 0.2) is 0 Å². The minimum absolute atomic E-state index is 0.412.